The minimum Gasteiger partial charge on any atom is -0.494 e. The number of ether oxygens (including phenoxy) is 2. The van der Waals surface area contributed by atoms with Crippen LogP contribution in [-0.2, 0) is 9.53 Å². The zero-order chi connectivity index (χ0) is 18.2. The van der Waals surface area contributed by atoms with Crippen molar-refractivity contribution >= 4 is 17.7 Å². The normalized spacial score (nSPS) is 16.2. The molecule has 1 atom stereocenters. The van der Waals surface area contributed by atoms with E-state index in [-0.39, 0.29) is 18.1 Å². The highest BCUT2D eigenvalue weighted by Crippen LogP contribution is 2.20. The van der Waals surface area contributed by atoms with Gasteiger partial charge in [0, 0.05) is 12.1 Å². The Morgan fingerprint density at radius 3 is 2.54 bits per heavy atom. The lowest BCUT2D eigenvalue weighted by Gasteiger charge is -2.12. The third kappa shape index (κ3) is 4.99. The summed E-state index contributed by atoms with van der Waals surface area (Å²) in [6.07, 6.45) is 0.274. The molecule has 2 aromatic rings. The fourth-order valence-electron chi connectivity index (χ4n) is 2.70. The molecule has 1 aliphatic rings. The van der Waals surface area contributed by atoms with Crippen LogP contribution in [0, 0.1) is 0 Å². The largest absolute Gasteiger partial charge is 0.494 e. The number of hydrogen-bond acceptors (Lipinski definition) is 4. The number of cyclic esters (lactones) is 1. The fourth-order valence-corrected chi connectivity index (χ4v) is 2.70. The summed E-state index contributed by atoms with van der Waals surface area (Å²) in [7, 11) is 0. The number of benzene rings is 2. The molecule has 1 saturated heterocycles. The Hall–Kier alpha value is -3.02. The molecule has 0 aliphatic carbocycles. The Morgan fingerprint density at radius 2 is 1.81 bits per heavy atom. The maximum atomic E-state index is 11.9. The van der Waals surface area contributed by atoms with E-state index in [0.717, 1.165) is 11.4 Å². The second-order valence-corrected chi connectivity index (χ2v) is 6.02. The summed E-state index contributed by atoms with van der Waals surface area (Å²) in [5, 5.41) is 2.82. The molecule has 0 aromatic heterocycles. The highest BCUT2D eigenvalue weighted by Gasteiger charge is 2.32. The summed E-state index contributed by atoms with van der Waals surface area (Å²) in [4.78, 5) is 25.4. The first-order chi connectivity index (χ1) is 12.7. The van der Waals surface area contributed by atoms with Gasteiger partial charge in [0.2, 0.25) is 5.91 Å². The molecule has 0 radical (unpaired) electrons. The average molecular weight is 354 g/mol. The molecule has 0 saturated carbocycles. The van der Waals surface area contributed by atoms with Crippen LogP contribution in [0.1, 0.15) is 12.8 Å². The van der Waals surface area contributed by atoms with Crippen molar-refractivity contribution in [2.24, 2.45) is 0 Å². The van der Waals surface area contributed by atoms with E-state index in [1.54, 1.807) is 4.90 Å². The summed E-state index contributed by atoms with van der Waals surface area (Å²) in [5.41, 5.74) is 0.796. The van der Waals surface area contributed by atoms with Crippen molar-refractivity contribution in [2.75, 3.05) is 24.6 Å². The van der Waals surface area contributed by atoms with E-state index in [1.807, 2.05) is 60.7 Å². The zero-order valence-electron chi connectivity index (χ0n) is 14.5. The van der Waals surface area contributed by atoms with Crippen molar-refractivity contribution in [2.45, 2.75) is 18.9 Å². The molecule has 2 amide bonds. The number of carbonyl (C=O) groups is 2. The molecule has 1 N–H and O–H groups in total. The molecule has 0 spiro atoms. The molecule has 3 rings (SSSR count). The van der Waals surface area contributed by atoms with Crippen LogP contribution >= 0.6 is 0 Å². The van der Waals surface area contributed by atoms with E-state index < -0.39 is 0 Å². The van der Waals surface area contributed by atoms with Crippen molar-refractivity contribution < 1.29 is 19.1 Å². The van der Waals surface area contributed by atoms with Gasteiger partial charge in [0.15, 0.2) is 0 Å². The van der Waals surface area contributed by atoms with Gasteiger partial charge in [-0.05, 0) is 30.7 Å². The fraction of sp³-hybridized carbons (Fsp3) is 0.300. The molecule has 1 fully saturated rings. The zero-order valence-corrected chi connectivity index (χ0v) is 14.5. The summed E-state index contributed by atoms with van der Waals surface area (Å²) in [6.45, 7) is 1.23. The predicted octanol–water partition coefficient (Wildman–Crippen LogP) is 2.99. The average Bonchev–Trinajstić information content (AvgIpc) is 3.06. The number of rotatable bonds is 8. The van der Waals surface area contributed by atoms with Crippen molar-refractivity contribution in [1.82, 2.24) is 5.32 Å². The number of para-hydroxylation sites is 2. The lowest BCUT2D eigenvalue weighted by atomic mass is 10.2. The Bertz CT molecular complexity index is 721. The van der Waals surface area contributed by atoms with Gasteiger partial charge in [-0.3, -0.25) is 9.69 Å². The van der Waals surface area contributed by atoms with E-state index in [2.05, 4.69) is 5.32 Å². The maximum absolute atomic E-state index is 11.9. The number of amides is 2. The standard InChI is InChI=1S/C20H22N2O4/c23-19(12-7-13-25-17-10-5-2-6-11-17)21-14-18-15-22(20(24)26-18)16-8-3-1-4-9-16/h1-6,8-11,18H,7,12-15H2,(H,21,23). The maximum Gasteiger partial charge on any atom is 0.414 e. The van der Waals surface area contributed by atoms with Crippen LogP contribution in [0.4, 0.5) is 10.5 Å². The van der Waals surface area contributed by atoms with E-state index >= 15 is 0 Å². The van der Waals surface area contributed by atoms with Crippen molar-refractivity contribution in [3.63, 3.8) is 0 Å². The summed E-state index contributed by atoms with van der Waals surface area (Å²) in [5.74, 6) is 0.725. The first-order valence-electron chi connectivity index (χ1n) is 8.70. The molecule has 6 heteroatoms. The lowest BCUT2D eigenvalue weighted by molar-refractivity contribution is -0.121. The Labute approximate surface area is 152 Å². The molecule has 1 unspecified atom stereocenters. The van der Waals surface area contributed by atoms with Gasteiger partial charge in [-0.15, -0.1) is 0 Å². The first kappa shape index (κ1) is 17.8. The lowest BCUT2D eigenvalue weighted by Crippen LogP contribution is -2.34. The highest BCUT2D eigenvalue weighted by molar-refractivity contribution is 5.89. The van der Waals surface area contributed by atoms with Crippen LogP contribution in [0.25, 0.3) is 0 Å². The van der Waals surface area contributed by atoms with Crippen LogP contribution in [0.5, 0.6) is 5.75 Å². The molecular weight excluding hydrogens is 332 g/mol. The van der Waals surface area contributed by atoms with E-state index in [9.17, 15) is 9.59 Å². The molecule has 1 heterocycles. The highest BCUT2D eigenvalue weighted by atomic mass is 16.6. The summed E-state index contributed by atoms with van der Waals surface area (Å²) in [6, 6.07) is 18.8. The third-order valence-corrected chi connectivity index (χ3v) is 4.03. The molecule has 1 aliphatic heterocycles. The van der Waals surface area contributed by atoms with E-state index in [1.165, 1.54) is 0 Å². The second kappa shape index (κ2) is 8.89. The van der Waals surface area contributed by atoms with Gasteiger partial charge in [-0.25, -0.2) is 4.79 Å². The molecule has 2 aromatic carbocycles. The summed E-state index contributed by atoms with van der Waals surface area (Å²) >= 11 is 0. The van der Waals surface area contributed by atoms with Gasteiger partial charge in [-0.2, -0.15) is 0 Å². The van der Waals surface area contributed by atoms with Crippen LogP contribution in [-0.4, -0.2) is 37.8 Å². The van der Waals surface area contributed by atoms with Crippen LogP contribution in [0.15, 0.2) is 60.7 Å². The summed E-state index contributed by atoms with van der Waals surface area (Å²) < 4.78 is 10.9. The SMILES string of the molecule is O=C(CCCOc1ccccc1)NCC1CN(c2ccccc2)C(=O)O1. The van der Waals surface area contributed by atoms with Gasteiger partial charge >= 0.3 is 6.09 Å². The van der Waals surface area contributed by atoms with Gasteiger partial charge in [-0.1, -0.05) is 36.4 Å². The molecular formula is C20H22N2O4. The van der Waals surface area contributed by atoms with Crippen molar-refractivity contribution in [1.29, 1.82) is 0 Å². The number of anilines is 1. The van der Waals surface area contributed by atoms with Crippen molar-refractivity contribution in [3.05, 3.63) is 60.7 Å². The monoisotopic (exact) mass is 354 g/mol. The quantitative estimate of drug-likeness (QED) is 0.740. The molecule has 26 heavy (non-hydrogen) atoms. The second-order valence-electron chi connectivity index (χ2n) is 6.02. The van der Waals surface area contributed by atoms with Crippen molar-refractivity contribution in [3.8, 4) is 5.75 Å². The van der Waals surface area contributed by atoms with Crippen LogP contribution in [0.3, 0.4) is 0 Å². The van der Waals surface area contributed by atoms with Crippen LogP contribution in [0.2, 0.25) is 0 Å². The molecule has 0 bridgehead atoms. The number of hydrogen-bond donors (Lipinski definition) is 1. The molecule has 136 valence electrons. The predicted molar refractivity (Wildman–Crippen MR) is 98.2 cm³/mol. The number of carbonyl (C=O) groups excluding carboxylic acids is 2. The van der Waals surface area contributed by atoms with Gasteiger partial charge in [0.05, 0.1) is 19.7 Å². The molecule has 6 nitrogen and oxygen atoms in total. The topological polar surface area (TPSA) is 67.9 Å². The van der Waals surface area contributed by atoms with E-state index in [0.29, 0.717) is 32.5 Å². The van der Waals surface area contributed by atoms with Gasteiger partial charge in [0.25, 0.3) is 0 Å². The Morgan fingerprint density at radius 1 is 1.12 bits per heavy atom. The Balaban J connectivity index is 1.34. The van der Waals surface area contributed by atoms with Gasteiger partial charge in [0.1, 0.15) is 11.9 Å². The smallest absolute Gasteiger partial charge is 0.414 e. The van der Waals surface area contributed by atoms with Crippen LogP contribution < -0.4 is 15.0 Å². The minimum absolute atomic E-state index is 0.0733. The number of nitrogens with one attached hydrogen (secondary N) is 1. The Kier molecular flexibility index (Phi) is 6.09. The number of nitrogens with zero attached hydrogens (tertiary/aromatic N) is 1. The van der Waals surface area contributed by atoms with Gasteiger partial charge < -0.3 is 14.8 Å². The minimum atomic E-state index is -0.383. The third-order valence-electron chi connectivity index (χ3n) is 4.03. The first-order valence-corrected chi connectivity index (χ1v) is 8.70. The van der Waals surface area contributed by atoms with E-state index in [4.69, 9.17) is 9.47 Å².